The maximum Gasteiger partial charge on any atom is 0.694 e. The molecule has 4 aromatic rings. The van der Waals surface area contributed by atoms with Gasteiger partial charge in [-0.15, -0.1) is 16.0 Å². The van der Waals surface area contributed by atoms with Crippen molar-refractivity contribution in [2.75, 3.05) is 31.3 Å². The van der Waals surface area contributed by atoms with E-state index >= 15 is 8.78 Å². The van der Waals surface area contributed by atoms with Gasteiger partial charge in [0.05, 0.1) is 31.1 Å². The Balaban J connectivity index is 1.20. The number of anilines is 2. The molecule has 0 radical (unpaired) electrons. The molecule has 0 saturated carbocycles. The molecule has 2 aliphatic heterocycles. The summed E-state index contributed by atoms with van der Waals surface area (Å²) in [7, 11) is -7.18. The van der Waals surface area contributed by atoms with E-state index < -0.39 is 78.1 Å². The van der Waals surface area contributed by atoms with Crippen molar-refractivity contribution < 1.29 is 45.8 Å². The Hall–Kier alpha value is -3.61. The molecule has 2 aliphatic rings. The average molecular weight is 671 g/mol. The number of fused-ring (bicyclic) bond motifs is 2. The number of ether oxygens (including phenoxy) is 2. The topological polar surface area (TPSA) is 240 Å². The standard InChI is InChI=1S/C23H26F2N10O8P2/c1-3-10-14(25)23(42-21(10)34-8-32-15-17(26)28-6-30-19(15)34)43-45(2,38)40-4-11-13(24)12(5-39-44(36)37)41-22(11)35-9-33-16-18(27)29-7-31-20(16)35/h3,6-14,21-23H,1,4-5H2,2H3,(H4-,26,27,28,29,30,31,36,37)/p+1/t10-,11-,12-,13+,14+,21-,22-,23-,45?/m1/s1. The van der Waals surface area contributed by atoms with Gasteiger partial charge in [0.25, 0.3) is 0 Å². The summed E-state index contributed by atoms with van der Waals surface area (Å²) < 4.78 is 86.0. The Bertz CT molecular complexity index is 1800. The highest BCUT2D eigenvalue weighted by atomic mass is 31.2. The summed E-state index contributed by atoms with van der Waals surface area (Å²) in [5, 5.41) is 0. The first kappa shape index (κ1) is 31.4. The van der Waals surface area contributed by atoms with Gasteiger partial charge in [-0.2, -0.15) is 0 Å². The lowest BCUT2D eigenvalue weighted by atomic mass is 10.0. The molecule has 240 valence electrons. The van der Waals surface area contributed by atoms with E-state index in [4.69, 9.17) is 34.9 Å². The molecule has 4 aromatic heterocycles. The van der Waals surface area contributed by atoms with Gasteiger partial charge in [-0.25, -0.2) is 38.7 Å². The molecule has 22 heteroatoms. The molecule has 0 aliphatic carbocycles. The SMILES string of the molecule is C=C[C@@H]1[C@H](F)[C@@H](OP(C)(=O)OC[C@@H]2[C@H](F)[C@@H](CO[P+](=O)O)O[C@H]2n2cnc3c(N)ncnc32)O[C@H]1n1cnc2c(N)ncnc21. The van der Waals surface area contributed by atoms with Gasteiger partial charge in [-0.1, -0.05) is 6.08 Å². The summed E-state index contributed by atoms with van der Waals surface area (Å²) in [6, 6.07) is 0. The number of halogens is 2. The normalized spacial score (nSPS) is 30.2. The summed E-state index contributed by atoms with van der Waals surface area (Å²) >= 11 is 0. The van der Waals surface area contributed by atoms with Crippen LogP contribution in [-0.2, 0) is 32.2 Å². The van der Waals surface area contributed by atoms with Crippen LogP contribution in [0.2, 0.25) is 0 Å². The van der Waals surface area contributed by atoms with Crippen LogP contribution < -0.4 is 11.5 Å². The zero-order chi connectivity index (χ0) is 32.0. The Morgan fingerprint density at radius 1 is 1.00 bits per heavy atom. The number of hydrogen-bond acceptors (Lipinski definition) is 15. The van der Waals surface area contributed by atoms with Crippen molar-refractivity contribution >= 4 is 49.8 Å². The van der Waals surface area contributed by atoms with Crippen molar-refractivity contribution in [1.82, 2.24) is 39.0 Å². The number of hydrogen-bond donors (Lipinski definition) is 3. The van der Waals surface area contributed by atoms with Gasteiger partial charge in [0, 0.05) is 11.2 Å². The fourth-order valence-corrected chi connectivity index (χ4v) is 6.60. The maximum atomic E-state index is 15.7. The zero-order valence-electron chi connectivity index (χ0n) is 23.3. The van der Waals surface area contributed by atoms with Crippen molar-refractivity contribution in [1.29, 1.82) is 0 Å². The summed E-state index contributed by atoms with van der Waals surface area (Å²) in [6.45, 7) is 3.62. The van der Waals surface area contributed by atoms with Crippen molar-refractivity contribution in [3.8, 4) is 0 Å². The lowest BCUT2D eigenvalue weighted by Gasteiger charge is -2.24. The minimum Gasteiger partial charge on any atom is -0.382 e. The van der Waals surface area contributed by atoms with Crippen molar-refractivity contribution in [2.24, 2.45) is 11.8 Å². The fraction of sp³-hybridized carbons (Fsp3) is 0.478. The Morgan fingerprint density at radius 3 is 2.18 bits per heavy atom. The van der Waals surface area contributed by atoms with E-state index in [1.807, 2.05) is 0 Å². The van der Waals surface area contributed by atoms with E-state index in [2.05, 4.69) is 41.0 Å². The first-order valence-electron chi connectivity index (χ1n) is 13.3. The number of alkyl halides is 2. The Kier molecular flexibility index (Phi) is 8.57. The third kappa shape index (κ3) is 5.91. The van der Waals surface area contributed by atoms with Crippen molar-refractivity contribution in [2.45, 2.75) is 37.2 Å². The minimum absolute atomic E-state index is 0.0676. The highest BCUT2D eigenvalue weighted by Crippen LogP contribution is 2.52. The molecule has 10 atom stereocenters. The molecule has 2 fully saturated rings. The van der Waals surface area contributed by atoms with Crippen LogP contribution in [0.1, 0.15) is 12.5 Å². The van der Waals surface area contributed by atoms with Crippen molar-refractivity contribution in [3.05, 3.63) is 38.0 Å². The average Bonchev–Trinajstić information content (AvgIpc) is 3.75. The molecule has 2 unspecified atom stereocenters. The van der Waals surface area contributed by atoms with E-state index in [0.29, 0.717) is 0 Å². The monoisotopic (exact) mass is 671 g/mol. The van der Waals surface area contributed by atoms with Gasteiger partial charge < -0.3 is 25.5 Å². The smallest absolute Gasteiger partial charge is 0.382 e. The maximum absolute atomic E-state index is 15.7. The molecule has 6 heterocycles. The molecule has 2 saturated heterocycles. The van der Waals surface area contributed by atoms with Gasteiger partial charge >= 0.3 is 15.9 Å². The predicted molar refractivity (Wildman–Crippen MR) is 151 cm³/mol. The largest absolute Gasteiger partial charge is 0.694 e. The third-order valence-electron chi connectivity index (χ3n) is 7.42. The fourth-order valence-electron chi connectivity index (χ4n) is 5.28. The molecule has 0 aromatic carbocycles. The lowest BCUT2D eigenvalue weighted by molar-refractivity contribution is -0.118. The predicted octanol–water partition coefficient (Wildman–Crippen LogP) is 2.20. The molecular weight excluding hydrogens is 644 g/mol. The van der Waals surface area contributed by atoms with Crippen LogP contribution in [0.3, 0.4) is 0 Å². The summed E-state index contributed by atoms with van der Waals surface area (Å²) in [4.78, 5) is 33.4. The first-order chi connectivity index (χ1) is 21.5. The molecule has 5 N–H and O–H groups in total. The number of aromatic nitrogens is 8. The van der Waals surface area contributed by atoms with E-state index in [1.54, 1.807) is 0 Å². The molecule has 18 nitrogen and oxygen atoms in total. The number of nitrogens with two attached hydrogens (primary N) is 2. The summed E-state index contributed by atoms with van der Waals surface area (Å²) in [6.07, 6.45) is -2.55. The van der Waals surface area contributed by atoms with Crippen molar-refractivity contribution in [3.63, 3.8) is 0 Å². The van der Waals surface area contributed by atoms with E-state index in [1.165, 1.54) is 40.5 Å². The highest BCUT2D eigenvalue weighted by Gasteiger charge is 2.51. The molecule has 0 spiro atoms. The molecule has 45 heavy (non-hydrogen) atoms. The minimum atomic E-state index is -4.14. The quantitative estimate of drug-likeness (QED) is 0.153. The van der Waals surface area contributed by atoms with Crippen LogP contribution in [-0.4, -0.2) is 88.5 Å². The van der Waals surface area contributed by atoms with Crippen LogP contribution in [0.15, 0.2) is 38.0 Å². The second-order valence-corrected chi connectivity index (χ2v) is 12.9. The zero-order valence-corrected chi connectivity index (χ0v) is 25.1. The van der Waals surface area contributed by atoms with Crippen LogP contribution in [0.25, 0.3) is 22.3 Å². The molecule has 6 rings (SSSR count). The first-order valence-corrected chi connectivity index (χ1v) is 16.4. The number of nitrogens with zero attached hydrogens (tertiary/aromatic N) is 8. The van der Waals surface area contributed by atoms with Gasteiger partial charge in [-0.05, 0) is 0 Å². The Morgan fingerprint density at radius 2 is 1.60 bits per heavy atom. The second-order valence-electron chi connectivity index (χ2n) is 10.2. The van der Waals surface area contributed by atoms with E-state index in [-0.39, 0.29) is 34.0 Å². The van der Waals surface area contributed by atoms with Gasteiger partial charge in [0.1, 0.15) is 55.0 Å². The lowest BCUT2D eigenvalue weighted by Crippen LogP contribution is -2.29. The van der Waals surface area contributed by atoms with Crippen LogP contribution in [0, 0.1) is 11.8 Å². The van der Waals surface area contributed by atoms with Gasteiger partial charge in [-0.3, -0.25) is 18.2 Å². The van der Waals surface area contributed by atoms with Crippen LogP contribution in [0.4, 0.5) is 20.4 Å². The van der Waals surface area contributed by atoms with E-state index in [0.717, 1.165) is 6.66 Å². The van der Waals surface area contributed by atoms with Gasteiger partial charge in [0.15, 0.2) is 29.1 Å². The summed E-state index contributed by atoms with van der Waals surface area (Å²) in [5.41, 5.74) is 12.7. The summed E-state index contributed by atoms with van der Waals surface area (Å²) in [5.74, 6) is -1.99. The number of imidazole rings is 2. The molecule has 0 bridgehead atoms. The van der Waals surface area contributed by atoms with Gasteiger partial charge in [0.2, 0.25) is 6.29 Å². The Labute approximate surface area is 253 Å². The number of nitrogen functional groups attached to an aromatic ring is 2. The van der Waals surface area contributed by atoms with Crippen LogP contribution >= 0.6 is 15.9 Å². The van der Waals surface area contributed by atoms with E-state index in [9.17, 15) is 9.13 Å². The second kappa shape index (κ2) is 12.3. The van der Waals surface area contributed by atoms with Crippen LogP contribution in [0.5, 0.6) is 0 Å². The highest BCUT2D eigenvalue weighted by molar-refractivity contribution is 7.53. The molecular formula is C23H27F2N10O8P2+. The number of rotatable bonds is 11. The molecule has 0 amide bonds. The third-order valence-corrected chi connectivity index (χ3v) is 8.99.